The monoisotopic (exact) mass is 251 g/mol. The summed E-state index contributed by atoms with van der Waals surface area (Å²) in [6, 6.07) is 2.22. The number of rotatable bonds is 2. The van der Waals surface area contributed by atoms with Crippen molar-refractivity contribution in [3.05, 3.63) is 28.5 Å². The number of nitrogens with two attached hydrogens (primary N) is 1. The SMILES string of the molecule is Cl.N[C@@H](c1c(Cl)ccc(F)c1O)C1CC1. The van der Waals surface area contributed by atoms with Gasteiger partial charge in [-0.2, -0.15) is 0 Å². The molecule has 15 heavy (non-hydrogen) atoms. The average Bonchev–Trinajstić information content (AvgIpc) is 2.95. The summed E-state index contributed by atoms with van der Waals surface area (Å²) in [5, 5.41) is 9.82. The van der Waals surface area contributed by atoms with Gasteiger partial charge in [-0.1, -0.05) is 11.6 Å². The Bertz CT molecular complexity index is 369. The molecule has 0 unspecified atom stereocenters. The average molecular weight is 252 g/mol. The van der Waals surface area contributed by atoms with Crippen LogP contribution >= 0.6 is 24.0 Å². The second-order valence-corrected chi connectivity index (χ2v) is 4.06. The maximum atomic E-state index is 13.0. The number of hydrogen-bond acceptors (Lipinski definition) is 2. The molecule has 0 spiro atoms. The first-order valence-corrected chi connectivity index (χ1v) is 4.91. The highest BCUT2D eigenvalue weighted by Crippen LogP contribution is 2.44. The van der Waals surface area contributed by atoms with E-state index in [2.05, 4.69) is 0 Å². The minimum Gasteiger partial charge on any atom is -0.505 e. The lowest BCUT2D eigenvalue weighted by atomic mass is 10.0. The van der Waals surface area contributed by atoms with Crippen molar-refractivity contribution in [3.63, 3.8) is 0 Å². The van der Waals surface area contributed by atoms with E-state index in [-0.39, 0.29) is 18.4 Å². The van der Waals surface area contributed by atoms with Crippen LogP contribution in [0, 0.1) is 11.7 Å². The third-order valence-corrected chi connectivity index (χ3v) is 2.91. The van der Waals surface area contributed by atoms with Gasteiger partial charge in [-0.25, -0.2) is 4.39 Å². The molecule has 84 valence electrons. The van der Waals surface area contributed by atoms with Crippen molar-refractivity contribution in [1.29, 1.82) is 0 Å². The first kappa shape index (κ1) is 12.6. The van der Waals surface area contributed by atoms with Crippen molar-refractivity contribution in [2.45, 2.75) is 18.9 Å². The van der Waals surface area contributed by atoms with E-state index in [1.807, 2.05) is 0 Å². The molecule has 1 atom stereocenters. The van der Waals surface area contributed by atoms with Gasteiger partial charge in [0.2, 0.25) is 0 Å². The predicted molar refractivity (Wildman–Crippen MR) is 60.0 cm³/mol. The van der Waals surface area contributed by atoms with Crippen molar-refractivity contribution >= 4 is 24.0 Å². The van der Waals surface area contributed by atoms with E-state index in [9.17, 15) is 9.50 Å². The molecular formula is C10H12Cl2FNO. The Labute approximate surface area is 98.6 Å². The van der Waals surface area contributed by atoms with E-state index in [1.165, 1.54) is 6.07 Å². The molecule has 0 amide bonds. The molecule has 2 rings (SSSR count). The topological polar surface area (TPSA) is 46.2 Å². The fourth-order valence-corrected chi connectivity index (χ4v) is 1.84. The smallest absolute Gasteiger partial charge is 0.165 e. The highest BCUT2D eigenvalue weighted by atomic mass is 35.5. The molecule has 0 saturated heterocycles. The lowest BCUT2D eigenvalue weighted by Crippen LogP contribution is -2.13. The number of phenolic OH excluding ortho intramolecular Hbond substituents is 1. The van der Waals surface area contributed by atoms with Crippen LogP contribution in [-0.4, -0.2) is 5.11 Å². The third-order valence-electron chi connectivity index (χ3n) is 2.58. The Morgan fingerprint density at radius 3 is 2.60 bits per heavy atom. The van der Waals surface area contributed by atoms with Crippen LogP contribution in [0.3, 0.4) is 0 Å². The van der Waals surface area contributed by atoms with Crippen LogP contribution < -0.4 is 5.73 Å². The summed E-state index contributed by atoms with van der Waals surface area (Å²) in [6.07, 6.45) is 2.04. The molecule has 0 heterocycles. The van der Waals surface area contributed by atoms with Gasteiger partial charge in [0, 0.05) is 16.6 Å². The van der Waals surface area contributed by atoms with Gasteiger partial charge in [0.25, 0.3) is 0 Å². The first-order valence-electron chi connectivity index (χ1n) is 4.53. The second-order valence-electron chi connectivity index (χ2n) is 3.65. The molecule has 1 aliphatic rings. The van der Waals surface area contributed by atoms with Gasteiger partial charge < -0.3 is 10.8 Å². The Hall–Kier alpha value is -0.510. The molecule has 1 saturated carbocycles. The maximum Gasteiger partial charge on any atom is 0.165 e. The zero-order chi connectivity index (χ0) is 10.3. The lowest BCUT2D eigenvalue weighted by Gasteiger charge is -2.14. The second kappa shape index (κ2) is 4.56. The summed E-state index contributed by atoms with van der Waals surface area (Å²) < 4.78 is 13.0. The predicted octanol–water partition coefficient (Wildman–Crippen LogP) is 3.02. The van der Waals surface area contributed by atoms with Gasteiger partial charge in [-0.05, 0) is 30.9 Å². The van der Waals surface area contributed by atoms with Crippen LogP contribution in [0.1, 0.15) is 24.4 Å². The molecule has 0 aromatic heterocycles. The van der Waals surface area contributed by atoms with E-state index >= 15 is 0 Å². The van der Waals surface area contributed by atoms with Gasteiger partial charge in [-0.15, -0.1) is 12.4 Å². The van der Waals surface area contributed by atoms with Gasteiger partial charge in [0.1, 0.15) is 0 Å². The Kier molecular flexibility index (Phi) is 3.82. The van der Waals surface area contributed by atoms with Crippen molar-refractivity contribution < 1.29 is 9.50 Å². The summed E-state index contributed by atoms with van der Waals surface area (Å²) in [5.41, 5.74) is 6.20. The molecule has 2 nitrogen and oxygen atoms in total. The molecule has 1 fully saturated rings. The number of benzene rings is 1. The molecule has 0 aliphatic heterocycles. The quantitative estimate of drug-likeness (QED) is 0.849. The van der Waals surface area contributed by atoms with Crippen LogP contribution in [-0.2, 0) is 0 Å². The molecule has 3 N–H and O–H groups in total. The highest BCUT2D eigenvalue weighted by molar-refractivity contribution is 6.31. The normalized spacial score (nSPS) is 17.0. The number of aromatic hydroxyl groups is 1. The van der Waals surface area contributed by atoms with Crippen molar-refractivity contribution in [1.82, 2.24) is 0 Å². The minimum atomic E-state index is -0.666. The fraction of sp³-hybridized carbons (Fsp3) is 0.400. The number of halogens is 3. The Morgan fingerprint density at radius 1 is 1.47 bits per heavy atom. The van der Waals surface area contributed by atoms with Gasteiger partial charge in [0.15, 0.2) is 11.6 Å². The molecule has 1 aliphatic carbocycles. The van der Waals surface area contributed by atoms with E-state index in [0.29, 0.717) is 16.5 Å². The zero-order valence-corrected chi connectivity index (χ0v) is 9.48. The van der Waals surface area contributed by atoms with Crippen LogP contribution in [0.25, 0.3) is 0 Å². The molecule has 0 bridgehead atoms. The third kappa shape index (κ3) is 2.36. The zero-order valence-electron chi connectivity index (χ0n) is 7.91. The van der Waals surface area contributed by atoms with E-state index in [1.54, 1.807) is 0 Å². The largest absolute Gasteiger partial charge is 0.505 e. The van der Waals surface area contributed by atoms with Crippen molar-refractivity contribution in [2.24, 2.45) is 11.7 Å². The Balaban J connectivity index is 0.00000112. The minimum absolute atomic E-state index is 0. The van der Waals surface area contributed by atoms with E-state index in [4.69, 9.17) is 17.3 Å². The highest BCUT2D eigenvalue weighted by Gasteiger charge is 2.33. The van der Waals surface area contributed by atoms with Crippen LogP contribution in [0.2, 0.25) is 5.02 Å². The summed E-state index contributed by atoms with van der Waals surface area (Å²) >= 11 is 5.86. The van der Waals surface area contributed by atoms with Crippen LogP contribution in [0.15, 0.2) is 12.1 Å². The molecule has 5 heteroatoms. The molecule has 1 aromatic carbocycles. The summed E-state index contributed by atoms with van der Waals surface area (Å²) in [5.74, 6) is -0.738. The van der Waals surface area contributed by atoms with E-state index < -0.39 is 11.6 Å². The summed E-state index contributed by atoms with van der Waals surface area (Å²) in [4.78, 5) is 0. The first-order chi connectivity index (χ1) is 6.61. The molecular weight excluding hydrogens is 240 g/mol. The van der Waals surface area contributed by atoms with Crippen LogP contribution in [0.4, 0.5) is 4.39 Å². The molecule has 0 radical (unpaired) electrons. The van der Waals surface area contributed by atoms with Crippen molar-refractivity contribution in [2.75, 3.05) is 0 Å². The summed E-state index contributed by atoms with van der Waals surface area (Å²) in [6.45, 7) is 0. The van der Waals surface area contributed by atoms with E-state index in [0.717, 1.165) is 18.9 Å². The van der Waals surface area contributed by atoms with Gasteiger partial charge in [0.05, 0.1) is 0 Å². The van der Waals surface area contributed by atoms with Crippen LogP contribution in [0.5, 0.6) is 5.75 Å². The Morgan fingerprint density at radius 2 is 2.07 bits per heavy atom. The van der Waals surface area contributed by atoms with Crippen molar-refractivity contribution in [3.8, 4) is 5.75 Å². The summed E-state index contributed by atoms with van der Waals surface area (Å²) in [7, 11) is 0. The van der Waals surface area contributed by atoms with Gasteiger partial charge in [-0.3, -0.25) is 0 Å². The fourth-order valence-electron chi connectivity index (χ4n) is 1.56. The maximum absolute atomic E-state index is 13.0. The number of phenols is 1. The number of hydrogen-bond donors (Lipinski definition) is 2. The molecule has 1 aromatic rings. The lowest BCUT2D eigenvalue weighted by molar-refractivity contribution is 0.417. The van der Waals surface area contributed by atoms with Gasteiger partial charge >= 0.3 is 0 Å². The standard InChI is InChI=1S/C10H11ClFNO.ClH/c11-6-3-4-7(12)10(14)8(6)9(13)5-1-2-5;/h3-5,9,14H,1-2,13H2;1H/t9-;/m1./s1.